The number of hydrogen-bond acceptors (Lipinski definition) is 8. The molecule has 8 nitrogen and oxygen atoms in total. The van der Waals surface area contributed by atoms with Gasteiger partial charge in [-0.25, -0.2) is 0 Å². The first-order chi connectivity index (χ1) is 29.9. The average Bonchev–Trinajstić information content (AvgIpc) is 3.26. The fourth-order valence-electron chi connectivity index (χ4n) is 7.93. The summed E-state index contributed by atoms with van der Waals surface area (Å²) in [7, 11) is 6.20. The van der Waals surface area contributed by atoms with Crippen molar-refractivity contribution in [3.63, 3.8) is 0 Å². The fourth-order valence-corrected chi connectivity index (χ4v) is 7.93. The Morgan fingerprint density at radius 2 is 0.951 bits per heavy atom. The normalized spacial score (nSPS) is 12.5. The summed E-state index contributed by atoms with van der Waals surface area (Å²) < 4.78 is 11.5. The van der Waals surface area contributed by atoms with Gasteiger partial charge < -0.3 is 34.7 Å². The predicted molar refractivity (Wildman–Crippen MR) is 267 cm³/mol. The highest BCUT2D eigenvalue weighted by Crippen LogP contribution is 2.21. The van der Waals surface area contributed by atoms with Gasteiger partial charge in [0.1, 0.15) is 6.29 Å². The molecule has 0 aromatic carbocycles. The molecule has 366 valence electrons. The van der Waals surface area contributed by atoms with Gasteiger partial charge in [-0.1, -0.05) is 182 Å². The zero-order valence-electron chi connectivity index (χ0n) is 42.5. The lowest BCUT2D eigenvalue weighted by atomic mass is 9.94. The predicted octanol–water partition coefficient (Wildman–Crippen LogP) is 13.2. The van der Waals surface area contributed by atoms with Crippen LogP contribution in [0.25, 0.3) is 0 Å². The van der Waals surface area contributed by atoms with E-state index in [1.165, 1.54) is 173 Å². The second-order valence-electron chi connectivity index (χ2n) is 18.5. The number of likely N-dealkylation sites (N-methyl/N-ethyl adjacent to an activating group) is 1. The van der Waals surface area contributed by atoms with Crippen LogP contribution < -0.4 is 10.6 Å². The first-order valence-electron chi connectivity index (χ1n) is 26.8. The molecule has 2 atom stereocenters. The van der Waals surface area contributed by atoms with Crippen LogP contribution in [0, 0.1) is 11.8 Å². The second-order valence-corrected chi connectivity index (χ2v) is 18.5. The topological polar surface area (TPSA) is 83.1 Å². The summed E-state index contributed by atoms with van der Waals surface area (Å²) in [6.45, 7) is 18.7. The molecule has 0 heterocycles. The number of hydrogen-bond donors (Lipinski definition) is 2. The molecule has 0 saturated heterocycles. The van der Waals surface area contributed by atoms with Crippen molar-refractivity contribution in [1.29, 1.82) is 0 Å². The Morgan fingerprint density at radius 1 is 0.492 bits per heavy atom. The summed E-state index contributed by atoms with van der Waals surface area (Å²) in [6.07, 6.45) is 41.0. The largest absolute Gasteiger partial charge is 0.465 e. The number of nitrogens with zero attached hydrogens (tertiary/aromatic N) is 2. The minimum atomic E-state index is 0.0755. The Hall–Kier alpha value is -1.06. The van der Waals surface area contributed by atoms with Gasteiger partial charge >= 0.3 is 5.97 Å². The third-order valence-electron chi connectivity index (χ3n) is 12.2. The fraction of sp³-hybridized carbons (Fsp3) is 0.962. The van der Waals surface area contributed by atoms with Gasteiger partial charge in [0.05, 0.1) is 25.7 Å². The maximum Gasteiger partial charge on any atom is 0.308 e. The van der Waals surface area contributed by atoms with Gasteiger partial charge in [0, 0.05) is 32.1 Å². The highest BCUT2D eigenvalue weighted by atomic mass is 16.5. The number of aldehydes is 1. The van der Waals surface area contributed by atoms with E-state index in [9.17, 15) is 9.59 Å². The molecule has 0 aromatic heterocycles. The number of carbonyl (C=O) groups is 2. The van der Waals surface area contributed by atoms with Crippen LogP contribution in [-0.2, 0) is 19.1 Å². The smallest absolute Gasteiger partial charge is 0.308 e. The summed E-state index contributed by atoms with van der Waals surface area (Å²) in [6, 6.07) is 0. The summed E-state index contributed by atoms with van der Waals surface area (Å²) in [5.74, 6) is 0.535. The van der Waals surface area contributed by atoms with Crippen molar-refractivity contribution < 1.29 is 19.1 Å². The van der Waals surface area contributed by atoms with E-state index in [0.29, 0.717) is 12.5 Å². The van der Waals surface area contributed by atoms with Crippen LogP contribution in [0.3, 0.4) is 0 Å². The molecule has 0 fully saturated rings. The van der Waals surface area contributed by atoms with Crippen LogP contribution in [0.1, 0.15) is 233 Å². The van der Waals surface area contributed by atoms with E-state index in [0.717, 1.165) is 97.4 Å². The molecule has 0 saturated carbocycles. The van der Waals surface area contributed by atoms with Crippen molar-refractivity contribution in [3.8, 4) is 0 Å². The van der Waals surface area contributed by atoms with E-state index < -0.39 is 0 Å². The first kappa shape index (κ1) is 62.0. The molecule has 0 aliphatic carbocycles. The van der Waals surface area contributed by atoms with Gasteiger partial charge in [-0.05, 0) is 92.1 Å². The molecule has 0 amide bonds. The monoisotopic (exact) mass is 867 g/mol. The lowest BCUT2D eigenvalue weighted by Crippen LogP contribution is -2.35. The minimum absolute atomic E-state index is 0.0755. The second kappa shape index (κ2) is 53.3. The van der Waals surface area contributed by atoms with Crippen molar-refractivity contribution in [2.45, 2.75) is 233 Å². The van der Waals surface area contributed by atoms with Gasteiger partial charge in [0.25, 0.3) is 0 Å². The van der Waals surface area contributed by atoms with E-state index in [1.807, 2.05) is 7.05 Å². The van der Waals surface area contributed by atoms with Crippen LogP contribution in [0.5, 0.6) is 0 Å². The summed E-state index contributed by atoms with van der Waals surface area (Å²) >= 11 is 0. The summed E-state index contributed by atoms with van der Waals surface area (Å²) in [5.41, 5.74) is 0. The standard InChI is InChI=1S/C37H78N4O3.C16H32O/c1-6-8-10-12-13-19-25-36(24-18-11-9-7-2)37(42)44-33-23-17-16-22-30-41(29-21-15-14-20-26-38-3)31-27-39-28-34-43-35-32-40(4)5;1-3-5-7-9-10-12-14-16(15-17)13-11-8-6-4-2/h36,38-39H,6-35H2,1-5H3;15-16H,3-14H2,1-2H3. The van der Waals surface area contributed by atoms with Crippen molar-refractivity contribution in [3.05, 3.63) is 0 Å². The molecule has 61 heavy (non-hydrogen) atoms. The molecule has 0 rings (SSSR count). The van der Waals surface area contributed by atoms with E-state index in [2.05, 4.69) is 62.2 Å². The van der Waals surface area contributed by atoms with Gasteiger partial charge in [0.2, 0.25) is 0 Å². The van der Waals surface area contributed by atoms with Crippen LogP contribution in [0.4, 0.5) is 0 Å². The van der Waals surface area contributed by atoms with Crippen molar-refractivity contribution in [2.75, 3.05) is 86.8 Å². The third-order valence-corrected chi connectivity index (χ3v) is 12.2. The lowest BCUT2D eigenvalue weighted by molar-refractivity contribution is -0.149. The first-order valence-corrected chi connectivity index (χ1v) is 26.8. The molecule has 0 bridgehead atoms. The Labute approximate surface area is 382 Å². The van der Waals surface area contributed by atoms with Crippen LogP contribution in [0.2, 0.25) is 0 Å². The van der Waals surface area contributed by atoms with Crippen LogP contribution in [-0.4, -0.2) is 109 Å². The van der Waals surface area contributed by atoms with Gasteiger partial charge in [0.15, 0.2) is 0 Å². The third kappa shape index (κ3) is 49.8. The Balaban J connectivity index is 0. The van der Waals surface area contributed by atoms with E-state index in [1.54, 1.807) is 0 Å². The van der Waals surface area contributed by atoms with Gasteiger partial charge in [-0.15, -0.1) is 0 Å². The van der Waals surface area contributed by atoms with E-state index >= 15 is 0 Å². The van der Waals surface area contributed by atoms with E-state index in [-0.39, 0.29) is 11.9 Å². The van der Waals surface area contributed by atoms with Crippen molar-refractivity contribution >= 4 is 12.3 Å². The van der Waals surface area contributed by atoms with E-state index in [4.69, 9.17) is 9.47 Å². The number of rotatable bonds is 49. The number of ether oxygens (including phenoxy) is 2. The summed E-state index contributed by atoms with van der Waals surface area (Å²) in [5, 5.41) is 6.82. The molecule has 0 aliphatic rings. The highest BCUT2D eigenvalue weighted by molar-refractivity contribution is 5.72. The minimum Gasteiger partial charge on any atom is -0.465 e. The molecule has 0 radical (unpaired) electrons. The lowest BCUT2D eigenvalue weighted by Gasteiger charge is -2.22. The maximum absolute atomic E-state index is 12.9. The molecule has 0 spiro atoms. The van der Waals surface area contributed by atoms with Gasteiger partial charge in [-0.3, -0.25) is 4.79 Å². The quantitative estimate of drug-likeness (QED) is 0.0355. The zero-order chi connectivity index (χ0) is 45.1. The number of carbonyl (C=O) groups excluding carboxylic acids is 2. The maximum atomic E-state index is 12.9. The highest BCUT2D eigenvalue weighted by Gasteiger charge is 2.19. The Morgan fingerprint density at radius 3 is 1.46 bits per heavy atom. The molecular formula is C53H110N4O4. The SMILES string of the molecule is CCCCCCCCC(C=O)CCCCCC.CCCCCCCCC(CCCCCC)C(=O)OCCCCCCN(CCCCCCNC)CCNCCOCCN(C)C. The van der Waals surface area contributed by atoms with Crippen molar-refractivity contribution in [1.82, 2.24) is 20.4 Å². The van der Waals surface area contributed by atoms with Gasteiger partial charge in [-0.2, -0.15) is 0 Å². The molecular weight excluding hydrogens is 757 g/mol. The molecule has 2 unspecified atom stereocenters. The molecule has 0 aliphatic heterocycles. The number of nitrogens with one attached hydrogen (secondary N) is 2. The summed E-state index contributed by atoms with van der Waals surface area (Å²) in [4.78, 5) is 28.6. The van der Waals surface area contributed by atoms with Crippen LogP contribution in [0.15, 0.2) is 0 Å². The Kier molecular flexibility index (Phi) is 54.2. The number of unbranched alkanes of at least 4 members (excludes halogenated alkanes) is 22. The Bertz CT molecular complexity index is 847. The van der Waals surface area contributed by atoms with Crippen molar-refractivity contribution in [2.24, 2.45) is 11.8 Å². The van der Waals surface area contributed by atoms with Crippen LogP contribution >= 0.6 is 0 Å². The molecule has 0 aromatic rings. The average molecular weight is 867 g/mol. The molecule has 8 heteroatoms. The molecule has 2 N–H and O–H groups in total. The zero-order valence-corrected chi connectivity index (χ0v) is 42.5. The number of esters is 1.